The van der Waals surface area contributed by atoms with E-state index in [-0.39, 0.29) is 12.8 Å². The number of rotatable bonds is 6. The van der Waals surface area contributed by atoms with Crippen LogP contribution in [0.5, 0.6) is 0 Å². The van der Waals surface area contributed by atoms with Gasteiger partial charge in [-0.1, -0.05) is 6.42 Å². The molecule has 0 N–H and O–H groups in total. The Labute approximate surface area is 64.8 Å². The smallest absolute Gasteiger partial charge is 0.0414 e. The van der Waals surface area contributed by atoms with E-state index in [4.69, 9.17) is 0 Å². The lowest BCUT2D eigenvalue weighted by Gasteiger charge is -2.02. The predicted molar refractivity (Wildman–Crippen MR) is 33.1 cm³/mol. The van der Waals surface area contributed by atoms with Crippen molar-refractivity contribution in [1.29, 1.82) is 0 Å². The zero-order valence-electron chi connectivity index (χ0n) is 6.17. The van der Waals surface area contributed by atoms with Crippen molar-refractivity contribution in [3.8, 4) is 0 Å². The monoisotopic (exact) mass is 158 g/mol. The predicted octanol–water partition coefficient (Wildman–Crippen LogP) is -1.56. The van der Waals surface area contributed by atoms with Gasteiger partial charge in [0, 0.05) is 11.9 Å². The van der Waals surface area contributed by atoms with Gasteiger partial charge in [-0.05, 0) is 25.7 Å². The highest BCUT2D eigenvalue weighted by Crippen LogP contribution is 2.01. The molecule has 0 heterocycles. The lowest BCUT2D eigenvalue weighted by molar-refractivity contribution is -0.306. The normalized spacial score (nSPS) is 9.45. The zero-order chi connectivity index (χ0) is 8.69. The maximum atomic E-state index is 9.86. The van der Waals surface area contributed by atoms with E-state index in [1.54, 1.807) is 0 Å². The van der Waals surface area contributed by atoms with Crippen LogP contribution in [0.25, 0.3) is 0 Å². The van der Waals surface area contributed by atoms with Crippen molar-refractivity contribution in [2.75, 3.05) is 0 Å². The summed E-state index contributed by atoms with van der Waals surface area (Å²) in [4.78, 5) is 19.7. The summed E-state index contributed by atoms with van der Waals surface area (Å²) in [6, 6.07) is 0. The number of unbranched alkanes of at least 4 members (excludes halogenated alkanes) is 2. The standard InChI is InChI=1S/C7H12O4/c8-6(9)4-2-1-3-5-7(10)11/h1-5H2,(H,8,9)(H,10,11)/p-2. The summed E-state index contributed by atoms with van der Waals surface area (Å²) in [5.74, 6) is -2.17. The Bertz CT molecular complexity index is 125. The van der Waals surface area contributed by atoms with E-state index < -0.39 is 11.9 Å². The molecular weight excluding hydrogens is 148 g/mol. The molecule has 0 unspecified atom stereocenters. The number of hydrogen-bond donors (Lipinski definition) is 0. The quantitative estimate of drug-likeness (QED) is 0.438. The Morgan fingerprint density at radius 3 is 1.45 bits per heavy atom. The van der Waals surface area contributed by atoms with Crippen LogP contribution in [0.2, 0.25) is 0 Å². The molecule has 64 valence electrons. The zero-order valence-corrected chi connectivity index (χ0v) is 6.17. The molecule has 0 aromatic carbocycles. The first kappa shape index (κ1) is 9.94. The van der Waals surface area contributed by atoms with E-state index >= 15 is 0 Å². The summed E-state index contributed by atoms with van der Waals surface area (Å²) in [6.45, 7) is 0. The van der Waals surface area contributed by atoms with Crippen molar-refractivity contribution in [2.45, 2.75) is 32.1 Å². The third-order valence-corrected chi connectivity index (χ3v) is 1.26. The third kappa shape index (κ3) is 8.94. The number of carboxylic acid groups (broad SMARTS) is 2. The highest BCUT2D eigenvalue weighted by Gasteiger charge is 1.90. The second kappa shape index (κ2) is 5.70. The van der Waals surface area contributed by atoms with E-state index in [2.05, 4.69) is 0 Å². The van der Waals surface area contributed by atoms with Crippen molar-refractivity contribution in [3.05, 3.63) is 0 Å². The Morgan fingerprint density at radius 1 is 0.818 bits per heavy atom. The summed E-state index contributed by atoms with van der Waals surface area (Å²) in [6.07, 6.45) is 1.58. The average molecular weight is 158 g/mol. The maximum absolute atomic E-state index is 9.86. The number of carboxylic acids is 2. The summed E-state index contributed by atoms with van der Waals surface area (Å²) in [7, 11) is 0. The van der Waals surface area contributed by atoms with Crippen LogP contribution in [0.3, 0.4) is 0 Å². The van der Waals surface area contributed by atoms with E-state index in [1.807, 2.05) is 0 Å². The molecule has 0 aromatic rings. The Hall–Kier alpha value is -1.06. The molecule has 0 aliphatic rings. The topological polar surface area (TPSA) is 80.3 Å². The molecule has 0 atom stereocenters. The van der Waals surface area contributed by atoms with Crippen LogP contribution < -0.4 is 10.2 Å². The number of aliphatic carboxylic acids is 2. The largest absolute Gasteiger partial charge is 0.550 e. The third-order valence-electron chi connectivity index (χ3n) is 1.26. The molecule has 0 spiro atoms. The molecule has 0 fully saturated rings. The van der Waals surface area contributed by atoms with Gasteiger partial charge in [-0.3, -0.25) is 0 Å². The first-order valence-electron chi connectivity index (χ1n) is 3.52. The Balaban J connectivity index is 3.03. The van der Waals surface area contributed by atoms with Crippen molar-refractivity contribution in [3.63, 3.8) is 0 Å². The maximum Gasteiger partial charge on any atom is 0.0414 e. The number of carbonyl (C=O) groups is 2. The molecule has 0 aliphatic carbocycles. The summed E-state index contributed by atoms with van der Waals surface area (Å²) in [5, 5.41) is 19.7. The van der Waals surface area contributed by atoms with Gasteiger partial charge in [-0.2, -0.15) is 0 Å². The fraction of sp³-hybridized carbons (Fsp3) is 0.714. The lowest BCUT2D eigenvalue weighted by atomic mass is 10.1. The molecule has 0 aromatic heterocycles. The fourth-order valence-corrected chi connectivity index (χ4v) is 0.715. The second-order valence-electron chi connectivity index (χ2n) is 2.30. The average Bonchev–Trinajstić information content (AvgIpc) is 1.85. The van der Waals surface area contributed by atoms with Gasteiger partial charge >= 0.3 is 0 Å². The minimum Gasteiger partial charge on any atom is -0.550 e. The molecule has 0 saturated heterocycles. The molecular formula is C7H10O4-2. The molecule has 4 nitrogen and oxygen atoms in total. The molecule has 0 amide bonds. The van der Waals surface area contributed by atoms with Gasteiger partial charge < -0.3 is 19.8 Å². The minimum atomic E-state index is -1.08. The van der Waals surface area contributed by atoms with Crippen LogP contribution in [-0.2, 0) is 9.59 Å². The minimum absolute atomic E-state index is 0.00699. The molecule has 4 heteroatoms. The van der Waals surface area contributed by atoms with Crippen molar-refractivity contribution >= 4 is 11.9 Å². The Kier molecular flexibility index (Phi) is 5.15. The Morgan fingerprint density at radius 2 is 1.18 bits per heavy atom. The van der Waals surface area contributed by atoms with Crippen LogP contribution >= 0.6 is 0 Å². The van der Waals surface area contributed by atoms with Crippen LogP contribution in [0.15, 0.2) is 0 Å². The molecule has 0 bridgehead atoms. The number of hydrogen-bond acceptors (Lipinski definition) is 4. The van der Waals surface area contributed by atoms with Gasteiger partial charge in [0.2, 0.25) is 0 Å². The van der Waals surface area contributed by atoms with Gasteiger partial charge in [0.05, 0.1) is 0 Å². The first-order chi connectivity index (χ1) is 5.13. The number of carbonyl (C=O) groups excluding carboxylic acids is 2. The van der Waals surface area contributed by atoms with Gasteiger partial charge in [-0.15, -0.1) is 0 Å². The molecule has 11 heavy (non-hydrogen) atoms. The molecule has 0 radical (unpaired) electrons. The van der Waals surface area contributed by atoms with E-state index in [0.29, 0.717) is 19.3 Å². The summed E-state index contributed by atoms with van der Waals surface area (Å²) < 4.78 is 0. The van der Waals surface area contributed by atoms with Crippen LogP contribution in [-0.4, -0.2) is 11.9 Å². The van der Waals surface area contributed by atoms with Crippen molar-refractivity contribution < 1.29 is 19.8 Å². The summed E-state index contributed by atoms with van der Waals surface area (Å²) in [5.41, 5.74) is 0. The van der Waals surface area contributed by atoms with Crippen LogP contribution in [0.1, 0.15) is 32.1 Å². The molecule has 0 aliphatic heterocycles. The molecule has 0 saturated carbocycles. The highest BCUT2D eigenvalue weighted by atomic mass is 16.4. The van der Waals surface area contributed by atoms with Crippen molar-refractivity contribution in [2.24, 2.45) is 0 Å². The van der Waals surface area contributed by atoms with Crippen LogP contribution in [0.4, 0.5) is 0 Å². The van der Waals surface area contributed by atoms with Crippen LogP contribution in [0, 0.1) is 0 Å². The first-order valence-corrected chi connectivity index (χ1v) is 3.52. The highest BCUT2D eigenvalue weighted by molar-refractivity contribution is 5.64. The summed E-state index contributed by atoms with van der Waals surface area (Å²) >= 11 is 0. The van der Waals surface area contributed by atoms with E-state index in [1.165, 1.54) is 0 Å². The van der Waals surface area contributed by atoms with E-state index in [9.17, 15) is 19.8 Å². The van der Waals surface area contributed by atoms with E-state index in [0.717, 1.165) is 0 Å². The van der Waals surface area contributed by atoms with Gasteiger partial charge in [0.25, 0.3) is 0 Å². The van der Waals surface area contributed by atoms with Gasteiger partial charge in [0.15, 0.2) is 0 Å². The van der Waals surface area contributed by atoms with Gasteiger partial charge in [0.1, 0.15) is 0 Å². The molecule has 0 rings (SSSR count). The SMILES string of the molecule is O=C([O-])CCCCCC(=O)[O-]. The second-order valence-corrected chi connectivity index (χ2v) is 2.30. The van der Waals surface area contributed by atoms with Gasteiger partial charge in [-0.25, -0.2) is 0 Å². The fourth-order valence-electron chi connectivity index (χ4n) is 0.715. The lowest BCUT2D eigenvalue weighted by Crippen LogP contribution is -2.22. The van der Waals surface area contributed by atoms with Crippen molar-refractivity contribution in [1.82, 2.24) is 0 Å².